The Morgan fingerprint density at radius 2 is 1.90 bits per heavy atom. The topological polar surface area (TPSA) is 137 Å². The Bertz CT molecular complexity index is 976. The van der Waals surface area contributed by atoms with E-state index in [0.717, 1.165) is 15.4 Å². The number of benzene rings is 1. The van der Waals surface area contributed by atoms with E-state index >= 15 is 0 Å². The molecule has 3 N–H and O–H groups in total. The molecule has 1 aliphatic rings. The maximum atomic E-state index is 13.5. The van der Waals surface area contributed by atoms with Gasteiger partial charge in [-0.3, -0.25) is 4.79 Å². The summed E-state index contributed by atoms with van der Waals surface area (Å²) in [6, 6.07) is 7.98. The van der Waals surface area contributed by atoms with E-state index in [4.69, 9.17) is 0 Å². The van der Waals surface area contributed by atoms with E-state index in [1.807, 2.05) is 6.07 Å². The highest BCUT2D eigenvalue weighted by Crippen LogP contribution is 2.11. The molecule has 1 fully saturated rings. The van der Waals surface area contributed by atoms with Crippen molar-refractivity contribution in [2.75, 3.05) is 31.2 Å². The van der Waals surface area contributed by atoms with E-state index in [1.165, 1.54) is 23.6 Å². The Morgan fingerprint density at radius 1 is 1.23 bits per heavy atom. The van der Waals surface area contributed by atoms with Crippen LogP contribution in [0.25, 0.3) is 0 Å². The van der Waals surface area contributed by atoms with Crippen molar-refractivity contribution in [3.8, 4) is 0 Å². The van der Waals surface area contributed by atoms with Gasteiger partial charge in [0.25, 0.3) is 16.1 Å². The van der Waals surface area contributed by atoms with Crippen LogP contribution in [0.3, 0.4) is 0 Å². The van der Waals surface area contributed by atoms with Crippen LogP contribution in [0.5, 0.6) is 0 Å². The van der Waals surface area contributed by atoms with Gasteiger partial charge in [0.15, 0.2) is 0 Å². The summed E-state index contributed by atoms with van der Waals surface area (Å²) in [4.78, 5) is 26.3. The summed E-state index contributed by atoms with van der Waals surface area (Å²) in [5.74, 6) is -1.96. The molecular formula is C19H26N6O5S. The average molecular weight is 451 g/mol. The second kappa shape index (κ2) is 10.0. The predicted molar refractivity (Wildman–Crippen MR) is 113 cm³/mol. The number of carboxylic acid groups (broad SMARTS) is 1. The fourth-order valence-electron chi connectivity index (χ4n) is 3.29. The quantitative estimate of drug-likeness (QED) is 0.454. The average Bonchev–Trinajstić information content (AvgIpc) is 3.29. The lowest BCUT2D eigenvalue weighted by atomic mass is 10.1. The minimum Gasteiger partial charge on any atom is -0.480 e. The highest BCUT2D eigenvalue weighted by atomic mass is 32.2. The molecule has 168 valence electrons. The summed E-state index contributed by atoms with van der Waals surface area (Å²) in [6.45, 7) is 2.90. The zero-order valence-corrected chi connectivity index (χ0v) is 17.9. The fourth-order valence-corrected chi connectivity index (χ4v) is 4.65. The van der Waals surface area contributed by atoms with E-state index in [-0.39, 0.29) is 19.5 Å². The number of carbonyl (C=O) groups is 2. The molecule has 1 aromatic heterocycles. The van der Waals surface area contributed by atoms with E-state index in [0.29, 0.717) is 13.1 Å². The third-order valence-electron chi connectivity index (χ3n) is 4.95. The van der Waals surface area contributed by atoms with Gasteiger partial charge in [-0.25, -0.2) is 9.80 Å². The number of amides is 1. The molecule has 2 atom stereocenters. The molecule has 1 saturated heterocycles. The van der Waals surface area contributed by atoms with Crippen LogP contribution < -0.4 is 15.0 Å². The number of hydrogen-bond donors (Lipinski definition) is 3. The van der Waals surface area contributed by atoms with Gasteiger partial charge in [0, 0.05) is 32.4 Å². The van der Waals surface area contributed by atoms with E-state index in [1.54, 1.807) is 30.3 Å². The first-order valence-electron chi connectivity index (χ1n) is 9.87. The van der Waals surface area contributed by atoms with Crippen molar-refractivity contribution in [3.63, 3.8) is 0 Å². The van der Waals surface area contributed by atoms with E-state index in [2.05, 4.69) is 15.1 Å². The number of carbonyl (C=O) groups excluding carboxylic acids is 1. The molecule has 0 radical (unpaired) electrons. The molecule has 3 rings (SSSR count). The number of hydrogen-bond acceptors (Lipinski definition) is 6. The third kappa shape index (κ3) is 5.67. The minimum absolute atomic E-state index is 0.0507. The van der Waals surface area contributed by atoms with Crippen LogP contribution in [0.15, 0.2) is 48.8 Å². The summed E-state index contributed by atoms with van der Waals surface area (Å²) in [7, 11) is -3.98. The first-order valence-corrected chi connectivity index (χ1v) is 11.3. The molecule has 0 unspecified atom stereocenters. The van der Waals surface area contributed by atoms with Crippen molar-refractivity contribution >= 4 is 22.1 Å². The monoisotopic (exact) mass is 450 g/mol. The maximum Gasteiger partial charge on any atom is 0.328 e. The predicted octanol–water partition coefficient (Wildman–Crippen LogP) is -0.828. The molecule has 2 heterocycles. The Hall–Kier alpha value is -2.80. The summed E-state index contributed by atoms with van der Waals surface area (Å²) in [5, 5.41) is 17.5. The lowest BCUT2D eigenvalue weighted by Gasteiger charge is -2.32. The molecule has 1 aliphatic heterocycles. The van der Waals surface area contributed by atoms with Gasteiger partial charge in [0.2, 0.25) is 0 Å². The molecular weight excluding hydrogens is 424 g/mol. The lowest BCUT2D eigenvalue weighted by molar-refractivity contribution is -0.140. The second-order valence-corrected chi connectivity index (χ2v) is 8.84. The van der Waals surface area contributed by atoms with Gasteiger partial charge in [0.05, 0.1) is 6.20 Å². The standard InChI is InChI=1S/C19H26N6O5S/c1-15(19(27)28)25(24-11-5-8-21-24)18(26)17(14-16-6-3-2-4-7-16)22-31(29,30)23-12-9-20-10-13-23/h2-8,11,15,17,20,22H,9-10,12-14H2,1H3,(H,27,28)/t15-,17-/m0/s1. The Kier molecular flexibility index (Phi) is 7.38. The normalized spacial score (nSPS) is 17.1. The number of carboxylic acids is 1. The molecule has 12 heteroatoms. The molecule has 31 heavy (non-hydrogen) atoms. The van der Waals surface area contributed by atoms with Crippen molar-refractivity contribution in [3.05, 3.63) is 54.4 Å². The van der Waals surface area contributed by atoms with Gasteiger partial charge in [-0.15, -0.1) is 0 Å². The summed E-state index contributed by atoms with van der Waals surface area (Å²) < 4.78 is 29.7. The number of piperazine rings is 1. The molecule has 2 aromatic rings. The largest absolute Gasteiger partial charge is 0.480 e. The van der Waals surface area contributed by atoms with Crippen LogP contribution in [0.1, 0.15) is 12.5 Å². The Labute approximate surface area is 180 Å². The van der Waals surface area contributed by atoms with Crippen LogP contribution in [0, 0.1) is 0 Å². The summed E-state index contributed by atoms with van der Waals surface area (Å²) >= 11 is 0. The van der Waals surface area contributed by atoms with Crippen molar-refractivity contribution < 1.29 is 23.1 Å². The second-order valence-electron chi connectivity index (χ2n) is 7.14. The SMILES string of the molecule is C[C@@H](C(=O)O)N(C(=O)[C@H](Cc1ccccc1)NS(=O)(=O)N1CCNCC1)n1cccn1. The highest BCUT2D eigenvalue weighted by molar-refractivity contribution is 7.87. The van der Waals surface area contributed by atoms with Crippen LogP contribution in [-0.4, -0.2) is 77.9 Å². The van der Waals surface area contributed by atoms with Gasteiger partial charge >= 0.3 is 5.97 Å². The van der Waals surface area contributed by atoms with Crippen molar-refractivity contribution in [1.29, 1.82) is 0 Å². The van der Waals surface area contributed by atoms with Gasteiger partial charge < -0.3 is 10.4 Å². The first-order chi connectivity index (χ1) is 14.8. The van der Waals surface area contributed by atoms with Gasteiger partial charge in [0.1, 0.15) is 12.1 Å². The molecule has 0 saturated carbocycles. The van der Waals surface area contributed by atoms with Crippen LogP contribution in [0.2, 0.25) is 0 Å². The van der Waals surface area contributed by atoms with Crippen LogP contribution in [-0.2, 0) is 26.2 Å². The van der Waals surface area contributed by atoms with Crippen LogP contribution >= 0.6 is 0 Å². The lowest BCUT2D eigenvalue weighted by Crippen LogP contribution is -2.60. The Morgan fingerprint density at radius 3 is 2.48 bits per heavy atom. The molecule has 0 aliphatic carbocycles. The summed E-state index contributed by atoms with van der Waals surface area (Å²) in [6.07, 6.45) is 2.89. The van der Waals surface area contributed by atoms with Crippen LogP contribution in [0.4, 0.5) is 0 Å². The zero-order valence-electron chi connectivity index (χ0n) is 17.1. The molecule has 0 spiro atoms. The summed E-state index contributed by atoms with van der Waals surface area (Å²) in [5.41, 5.74) is 0.729. The first kappa shape index (κ1) is 22.9. The molecule has 11 nitrogen and oxygen atoms in total. The number of nitrogens with zero attached hydrogens (tertiary/aromatic N) is 4. The number of nitrogens with one attached hydrogen (secondary N) is 2. The fraction of sp³-hybridized carbons (Fsp3) is 0.421. The molecule has 1 aromatic carbocycles. The van der Waals surface area contributed by atoms with E-state index in [9.17, 15) is 23.1 Å². The number of rotatable bonds is 9. The van der Waals surface area contributed by atoms with Gasteiger partial charge in [-0.1, -0.05) is 30.3 Å². The van der Waals surface area contributed by atoms with Gasteiger partial charge in [-0.05, 0) is 25.0 Å². The smallest absolute Gasteiger partial charge is 0.328 e. The Balaban J connectivity index is 1.93. The van der Waals surface area contributed by atoms with Crippen molar-refractivity contribution in [2.45, 2.75) is 25.4 Å². The highest BCUT2D eigenvalue weighted by Gasteiger charge is 2.36. The van der Waals surface area contributed by atoms with Gasteiger partial charge in [-0.2, -0.15) is 27.3 Å². The van der Waals surface area contributed by atoms with E-state index < -0.39 is 34.2 Å². The zero-order chi connectivity index (χ0) is 22.4. The third-order valence-corrected chi connectivity index (χ3v) is 6.58. The maximum absolute atomic E-state index is 13.5. The molecule has 1 amide bonds. The van der Waals surface area contributed by atoms with Crippen molar-refractivity contribution in [2.24, 2.45) is 0 Å². The number of aliphatic carboxylic acids is 1. The minimum atomic E-state index is -3.98. The number of aromatic nitrogens is 2. The molecule has 0 bridgehead atoms. The van der Waals surface area contributed by atoms with Crippen molar-refractivity contribution in [1.82, 2.24) is 24.2 Å².